The predicted octanol–water partition coefficient (Wildman–Crippen LogP) is 2.34. The van der Waals surface area contributed by atoms with E-state index in [4.69, 9.17) is 22.8 Å². The summed E-state index contributed by atoms with van der Waals surface area (Å²) in [5.74, 6) is -2.67. The number of rotatable bonds is 12. The molecule has 1 saturated heterocycles. The number of benzene rings is 3. The highest BCUT2D eigenvalue weighted by molar-refractivity contribution is 7.89. The molecule has 1 heterocycles. The number of piperazine rings is 1. The van der Waals surface area contributed by atoms with E-state index in [1.54, 1.807) is 0 Å². The smallest absolute Gasteiger partial charge is 0.344 e. The number of hydrogen-bond acceptors (Lipinski definition) is 7. The second kappa shape index (κ2) is 13.5. The van der Waals surface area contributed by atoms with Crippen molar-refractivity contribution in [1.29, 1.82) is 0 Å². The van der Waals surface area contributed by atoms with Gasteiger partial charge in [0.15, 0.2) is 0 Å². The second-order valence-corrected chi connectivity index (χ2v) is 11.6. The van der Waals surface area contributed by atoms with Crippen LogP contribution in [0.15, 0.2) is 89.8 Å². The van der Waals surface area contributed by atoms with E-state index in [0.717, 1.165) is 16.2 Å². The van der Waals surface area contributed by atoms with Gasteiger partial charge in [0, 0.05) is 31.1 Å². The number of amides is 2. The van der Waals surface area contributed by atoms with Crippen LogP contribution in [0.4, 0.5) is 0 Å². The van der Waals surface area contributed by atoms with E-state index in [1.165, 1.54) is 29.2 Å². The van der Waals surface area contributed by atoms with Crippen molar-refractivity contribution in [3.63, 3.8) is 0 Å². The van der Waals surface area contributed by atoms with Crippen molar-refractivity contribution in [3.05, 3.63) is 102 Å². The summed E-state index contributed by atoms with van der Waals surface area (Å²) in [6.45, 7) is 0.361. The van der Waals surface area contributed by atoms with E-state index in [0.29, 0.717) is 5.56 Å². The van der Waals surface area contributed by atoms with Crippen molar-refractivity contribution in [2.24, 2.45) is 5.73 Å². The quantitative estimate of drug-likeness (QED) is 0.185. The fourth-order valence-electron chi connectivity index (χ4n) is 4.44. The SMILES string of the molecule is NC(=S)c1ccc(S(=O)(=O)NCCCN2CCN(OC(=O)CC(c3ccccc3)c3ccccc3)C(=O)C2=O)cc1. The van der Waals surface area contributed by atoms with Crippen molar-refractivity contribution in [1.82, 2.24) is 14.7 Å². The van der Waals surface area contributed by atoms with Gasteiger partial charge in [-0.05, 0) is 29.7 Å². The van der Waals surface area contributed by atoms with E-state index >= 15 is 0 Å². The molecule has 0 aromatic heterocycles. The normalized spacial score (nSPS) is 13.9. The zero-order valence-corrected chi connectivity index (χ0v) is 23.8. The molecule has 0 atom stereocenters. The second-order valence-electron chi connectivity index (χ2n) is 9.38. The lowest BCUT2D eigenvalue weighted by Gasteiger charge is -2.32. The largest absolute Gasteiger partial charge is 0.389 e. The number of thiocarbonyl (C=S) groups is 1. The van der Waals surface area contributed by atoms with Gasteiger partial charge < -0.3 is 15.5 Å². The molecular formula is C29H30N4O6S2. The van der Waals surface area contributed by atoms with E-state index in [9.17, 15) is 22.8 Å². The maximum Gasteiger partial charge on any atom is 0.344 e. The molecule has 0 radical (unpaired) electrons. The van der Waals surface area contributed by atoms with Crippen LogP contribution in [0.25, 0.3) is 0 Å². The highest BCUT2D eigenvalue weighted by Crippen LogP contribution is 2.28. The molecule has 214 valence electrons. The van der Waals surface area contributed by atoms with Gasteiger partial charge in [0.05, 0.1) is 17.9 Å². The van der Waals surface area contributed by atoms with Crippen molar-refractivity contribution in [2.75, 3.05) is 26.2 Å². The molecule has 10 nitrogen and oxygen atoms in total. The van der Waals surface area contributed by atoms with E-state index < -0.39 is 27.8 Å². The van der Waals surface area contributed by atoms with Crippen LogP contribution in [0.5, 0.6) is 0 Å². The van der Waals surface area contributed by atoms with Gasteiger partial charge in [-0.3, -0.25) is 9.59 Å². The molecule has 0 saturated carbocycles. The Morgan fingerprint density at radius 1 is 0.902 bits per heavy atom. The summed E-state index contributed by atoms with van der Waals surface area (Å²) in [6.07, 6.45) is 0.260. The molecule has 1 aliphatic rings. The Bertz CT molecular complexity index is 1460. The zero-order valence-electron chi connectivity index (χ0n) is 22.1. The first-order valence-electron chi connectivity index (χ1n) is 13.0. The predicted molar refractivity (Wildman–Crippen MR) is 156 cm³/mol. The van der Waals surface area contributed by atoms with Gasteiger partial charge in [-0.15, -0.1) is 0 Å². The average molecular weight is 595 g/mol. The van der Waals surface area contributed by atoms with Crippen molar-refractivity contribution in [3.8, 4) is 0 Å². The van der Waals surface area contributed by atoms with E-state index in [2.05, 4.69) is 4.72 Å². The Morgan fingerprint density at radius 2 is 1.49 bits per heavy atom. The van der Waals surface area contributed by atoms with Crippen LogP contribution in [0.3, 0.4) is 0 Å². The lowest BCUT2D eigenvalue weighted by molar-refractivity contribution is -0.205. The summed E-state index contributed by atoms with van der Waals surface area (Å²) in [7, 11) is -3.77. The Labute approximate surface area is 244 Å². The summed E-state index contributed by atoms with van der Waals surface area (Å²) in [6, 6.07) is 24.9. The van der Waals surface area contributed by atoms with Gasteiger partial charge in [0.2, 0.25) is 10.0 Å². The maximum atomic E-state index is 12.9. The van der Waals surface area contributed by atoms with Gasteiger partial charge in [0.25, 0.3) is 0 Å². The van der Waals surface area contributed by atoms with Crippen LogP contribution in [-0.2, 0) is 29.2 Å². The number of carbonyl (C=O) groups is 3. The molecule has 0 unspecified atom stereocenters. The van der Waals surface area contributed by atoms with Crippen LogP contribution in [0.2, 0.25) is 0 Å². The molecule has 3 aromatic rings. The molecule has 1 fully saturated rings. The minimum absolute atomic E-state index is 0.0126. The number of hydroxylamine groups is 2. The first-order chi connectivity index (χ1) is 19.7. The third kappa shape index (κ3) is 7.75. The molecule has 41 heavy (non-hydrogen) atoms. The molecule has 12 heteroatoms. The first-order valence-corrected chi connectivity index (χ1v) is 14.9. The monoisotopic (exact) mass is 594 g/mol. The molecule has 0 bridgehead atoms. The third-order valence-electron chi connectivity index (χ3n) is 6.60. The minimum Gasteiger partial charge on any atom is -0.389 e. The molecule has 4 rings (SSSR count). The third-order valence-corrected chi connectivity index (χ3v) is 8.32. The van der Waals surface area contributed by atoms with Crippen LogP contribution in [0.1, 0.15) is 35.4 Å². The van der Waals surface area contributed by atoms with Crippen LogP contribution >= 0.6 is 12.2 Å². The lowest BCUT2D eigenvalue weighted by atomic mass is 9.89. The summed E-state index contributed by atoms with van der Waals surface area (Å²) >= 11 is 4.87. The van der Waals surface area contributed by atoms with Gasteiger partial charge in [-0.2, -0.15) is 5.06 Å². The van der Waals surface area contributed by atoms with Crippen molar-refractivity contribution in [2.45, 2.75) is 23.7 Å². The van der Waals surface area contributed by atoms with Crippen molar-refractivity contribution < 1.29 is 27.6 Å². The topological polar surface area (TPSA) is 139 Å². The van der Waals surface area contributed by atoms with Gasteiger partial charge in [-0.1, -0.05) is 85.0 Å². The Balaban J connectivity index is 1.27. The lowest BCUT2D eigenvalue weighted by Crippen LogP contribution is -2.55. The van der Waals surface area contributed by atoms with Gasteiger partial charge in [-0.25, -0.2) is 17.9 Å². The van der Waals surface area contributed by atoms with Gasteiger partial charge >= 0.3 is 17.8 Å². The number of sulfonamides is 1. The molecule has 3 aromatic carbocycles. The standard InChI is InChI=1S/C29H30N4O6S2/c30-27(40)23-12-14-24(15-13-23)41(37,38)31-16-7-17-32-18-19-33(29(36)28(32)35)39-26(34)20-25(21-8-3-1-4-9-21)22-10-5-2-6-11-22/h1-6,8-15,25,31H,7,16-20H2,(H2,30,40). The van der Waals surface area contributed by atoms with Gasteiger partial charge in [0.1, 0.15) is 4.99 Å². The zero-order chi connectivity index (χ0) is 29.4. The fraction of sp³-hybridized carbons (Fsp3) is 0.241. The Kier molecular flexibility index (Phi) is 9.82. The number of hydrogen-bond donors (Lipinski definition) is 2. The minimum atomic E-state index is -3.77. The Morgan fingerprint density at radius 3 is 2.05 bits per heavy atom. The fourth-order valence-corrected chi connectivity index (χ4v) is 5.65. The summed E-state index contributed by atoms with van der Waals surface area (Å²) in [5.41, 5.74) is 7.95. The number of carbonyl (C=O) groups excluding carboxylic acids is 3. The average Bonchev–Trinajstić information content (AvgIpc) is 2.98. The van der Waals surface area contributed by atoms with Crippen LogP contribution in [-0.4, -0.2) is 67.3 Å². The summed E-state index contributed by atoms with van der Waals surface area (Å²) in [4.78, 5) is 45.1. The summed E-state index contributed by atoms with van der Waals surface area (Å²) < 4.78 is 27.5. The highest BCUT2D eigenvalue weighted by atomic mass is 32.2. The Hall–Kier alpha value is -4.13. The molecule has 0 aliphatic carbocycles. The van der Waals surface area contributed by atoms with E-state index in [-0.39, 0.29) is 54.8 Å². The number of nitrogens with one attached hydrogen (secondary N) is 1. The molecule has 0 spiro atoms. The molecule has 3 N–H and O–H groups in total. The van der Waals surface area contributed by atoms with Crippen LogP contribution in [0, 0.1) is 0 Å². The molecule has 2 amide bonds. The molecular weight excluding hydrogens is 564 g/mol. The highest BCUT2D eigenvalue weighted by Gasteiger charge is 2.35. The van der Waals surface area contributed by atoms with E-state index in [1.807, 2.05) is 60.7 Å². The molecule has 1 aliphatic heterocycles. The first kappa shape index (κ1) is 29.8. The van der Waals surface area contributed by atoms with Crippen LogP contribution < -0.4 is 10.5 Å². The van der Waals surface area contributed by atoms with Crippen molar-refractivity contribution >= 4 is 45.0 Å². The maximum absolute atomic E-state index is 12.9. The summed E-state index contributed by atoms with van der Waals surface area (Å²) in [5, 5.41) is 0.799. The number of nitrogens with zero attached hydrogens (tertiary/aromatic N) is 2. The number of nitrogens with two attached hydrogens (primary N) is 1.